The third kappa shape index (κ3) is 4.78. The number of benzene rings is 2. The van der Waals surface area contributed by atoms with Gasteiger partial charge in [-0.25, -0.2) is 4.39 Å². The highest BCUT2D eigenvalue weighted by Crippen LogP contribution is 2.38. The molecule has 0 unspecified atom stereocenters. The first kappa shape index (κ1) is 19.8. The number of hydrogen-bond acceptors (Lipinski definition) is 4. The van der Waals surface area contributed by atoms with Crippen LogP contribution in [0.3, 0.4) is 0 Å². The van der Waals surface area contributed by atoms with E-state index < -0.39 is 18.2 Å². The van der Waals surface area contributed by atoms with Gasteiger partial charge in [-0.3, -0.25) is 4.79 Å². The third-order valence-corrected chi connectivity index (χ3v) is 3.92. The number of carbonyl (C=O) groups excluding carboxylic acids is 1. The highest BCUT2D eigenvalue weighted by atomic mass is 79.9. The van der Waals surface area contributed by atoms with E-state index in [-0.39, 0.29) is 21.5 Å². The molecule has 0 aliphatic heterocycles. The van der Waals surface area contributed by atoms with Crippen LogP contribution in [0.5, 0.6) is 17.2 Å². The van der Waals surface area contributed by atoms with Crippen molar-refractivity contribution < 1.29 is 32.2 Å². The van der Waals surface area contributed by atoms with Crippen molar-refractivity contribution in [3.8, 4) is 17.2 Å². The van der Waals surface area contributed by atoms with Crippen LogP contribution in [0.4, 0.5) is 13.2 Å². The average Bonchev–Trinajstić information content (AvgIpc) is 2.60. The SMILES string of the molecule is COc1ccc(C(=O)/C=C/c2cc(Br)c(OC(F)F)c(OC)c2)c(F)c1. The maximum Gasteiger partial charge on any atom is 0.387 e. The van der Waals surface area contributed by atoms with Gasteiger partial charge in [0.15, 0.2) is 17.3 Å². The normalized spacial score (nSPS) is 11.0. The third-order valence-electron chi connectivity index (χ3n) is 3.33. The first-order chi connectivity index (χ1) is 12.3. The Kier molecular flexibility index (Phi) is 6.68. The molecule has 0 bridgehead atoms. The molecular weight excluding hydrogens is 417 g/mol. The number of hydrogen-bond donors (Lipinski definition) is 0. The fourth-order valence-electron chi connectivity index (χ4n) is 2.12. The van der Waals surface area contributed by atoms with Crippen molar-refractivity contribution in [1.82, 2.24) is 0 Å². The van der Waals surface area contributed by atoms with E-state index in [4.69, 9.17) is 9.47 Å². The highest BCUT2D eigenvalue weighted by Gasteiger charge is 2.16. The van der Waals surface area contributed by atoms with Crippen LogP contribution >= 0.6 is 15.9 Å². The van der Waals surface area contributed by atoms with Gasteiger partial charge in [0.25, 0.3) is 0 Å². The molecular formula is C18H14BrF3O4. The molecule has 0 aliphatic rings. The lowest BCUT2D eigenvalue weighted by Gasteiger charge is -2.12. The van der Waals surface area contributed by atoms with Crippen LogP contribution in [0.25, 0.3) is 6.08 Å². The van der Waals surface area contributed by atoms with Crippen LogP contribution < -0.4 is 14.2 Å². The Bertz CT molecular complexity index is 837. The summed E-state index contributed by atoms with van der Waals surface area (Å²) in [6.07, 6.45) is 2.57. The minimum Gasteiger partial charge on any atom is -0.497 e. The zero-order valence-electron chi connectivity index (χ0n) is 13.8. The molecule has 0 saturated heterocycles. The van der Waals surface area contributed by atoms with E-state index in [9.17, 15) is 18.0 Å². The van der Waals surface area contributed by atoms with Crippen molar-refractivity contribution in [2.75, 3.05) is 14.2 Å². The largest absolute Gasteiger partial charge is 0.497 e. The number of rotatable bonds is 7. The van der Waals surface area contributed by atoms with E-state index >= 15 is 0 Å². The Morgan fingerprint density at radius 1 is 1.15 bits per heavy atom. The van der Waals surface area contributed by atoms with Crippen LogP contribution in [-0.2, 0) is 0 Å². The summed E-state index contributed by atoms with van der Waals surface area (Å²) in [5.41, 5.74) is 0.350. The van der Waals surface area contributed by atoms with Crippen LogP contribution in [0, 0.1) is 5.82 Å². The summed E-state index contributed by atoms with van der Waals surface area (Å²) < 4.78 is 53.3. The number of methoxy groups -OCH3 is 2. The van der Waals surface area contributed by atoms with Crippen molar-refractivity contribution in [2.24, 2.45) is 0 Å². The van der Waals surface area contributed by atoms with Gasteiger partial charge in [-0.1, -0.05) is 6.08 Å². The molecule has 2 rings (SSSR count). The zero-order chi connectivity index (χ0) is 19.3. The second kappa shape index (κ2) is 8.75. The number of carbonyl (C=O) groups is 1. The van der Waals surface area contributed by atoms with E-state index in [2.05, 4.69) is 20.7 Å². The number of alkyl halides is 2. The van der Waals surface area contributed by atoms with Crippen LogP contribution in [0.15, 0.2) is 40.9 Å². The molecule has 8 heteroatoms. The Hall–Kier alpha value is -2.48. The monoisotopic (exact) mass is 430 g/mol. The molecule has 26 heavy (non-hydrogen) atoms. The maximum absolute atomic E-state index is 13.9. The van der Waals surface area contributed by atoms with Crippen LogP contribution in [0.1, 0.15) is 15.9 Å². The van der Waals surface area contributed by atoms with Crippen molar-refractivity contribution in [1.29, 1.82) is 0 Å². The minimum atomic E-state index is -3.01. The molecule has 2 aromatic rings. The minimum absolute atomic E-state index is 0.0578. The van der Waals surface area contributed by atoms with E-state index in [0.29, 0.717) is 11.3 Å². The molecule has 0 aliphatic carbocycles. The van der Waals surface area contributed by atoms with Gasteiger partial charge in [0, 0.05) is 6.07 Å². The van der Waals surface area contributed by atoms with Gasteiger partial charge in [0.1, 0.15) is 11.6 Å². The fourth-order valence-corrected chi connectivity index (χ4v) is 2.68. The summed E-state index contributed by atoms with van der Waals surface area (Å²) >= 11 is 3.12. The molecule has 0 N–H and O–H groups in total. The summed E-state index contributed by atoms with van der Waals surface area (Å²) in [5, 5.41) is 0. The number of allylic oxidation sites excluding steroid dienone is 1. The van der Waals surface area contributed by atoms with Gasteiger partial charge in [0.05, 0.1) is 24.3 Å². The lowest BCUT2D eigenvalue weighted by molar-refractivity contribution is -0.0517. The van der Waals surface area contributed by atoms with E-state index in [1.807, 2.05) is 0 Å². The average molecular weight is 431 g/mol. The number of ketones is 1. The smallest absolute Gasteiger partial charge is 0.387 e. The molecule has 138 valence electrons. The molecule has 0 aromatic heterocycles. The molecule has 2 aromatic carbocycles. The zero-order valence-corrected chi connectivity index (χ0v) is 15.3. The molecule has 0 heterocycles. The predicted molar refractivity (Wildman–Crippen MR) is 93.6 cm³/mol. The lowest BCUT2D eigenvalue weighted by Crippen LogP contribution is -2.04. The summed E-state index contributed by atoms with van der Waals surface area (Å²) in [6.45, 7) is -3.01. The fraction of sp³-hybridized carbons (Fsp3) is 0.167. The van der Waals surface area contributed by atoms with Crippen molar-refractivity contribution in [3.63, 3.8) is 0 Å². The Labute approximate surface area is 156 Å². The molecule has 0 fully saturated rings. The van der Waals surface area contributed by atoms with Crippen LogP contribution in [0.2, 0.25) is 0 Å². The van der Waals surface area contributed by atoms with Gasteiger partial charge < -0.3 is 14.2 Å². The second-order valence-electron chi connectivity index (χ2n) is 4.96. The summed E-state index contributed by atoms with van der Waals surface area (Å²) in [5.74, 6) is -1.08. The second-order valence-corrected chi connectivity index (χ2v) is 5.81. The standard InChI is InChI=1S/C18H14BrF3O4/c1-24-11-4-5-12(14(20)9-11)15(23)6-3-10-7-13(19)17(26-18(21)22)16(8-10)25-2/h3-9,18H,1-2H3/b6-3+. The number of halogens is 4. The van der Waals surface area contributed by atoms with Crippen molar-refractivity contribution in [3.05, 3.63) is 57.8 Å². The summed E-state index contributed by atoms with van der Waals surface area (Å²) in [7, 11) is 2.69. The maximum atomic E-state index is 13.9. The Morgan fingerprint density at radius 3 is 2.46 bits per heavy atom. The van der Waals surface area contributed by atoms with Crippen LogP contribution in [-0.4, -0.2) is 26.6 Å². The first-order valence-electron chi connectivity index (χ1n) is 7.24. The number of ether oxygens (including phenoxy) is 3. The molecule has 0 atom stereocenters. The summed E-state index contributed by atoms with van der Waals surface area (Å²) in [4.78, 5) is 12.2. The van der Waals surface area contributed by atoms with E-state index in [0.717, 1.165) is 6.07 Å². The van der Waals surface area contributed by atoms with E-state index in [1.54, 1.807) is 0 Å². The van der Waals surface area contributed by atoms with E-state index in [1.165, 1.54) is 50.6 Å². The topological polar surface area (TPSA) is 44.8 Å². The summed E-state index contributed by atoms with van der Waals surface area (Å²) in [6, 6.07) is 6.78. The highest BCUT2D eigenvalue weighted by molar-refractivity contribution is 9.10. The van der Waals surface area contributed by atoms with Gasteiger partial charge in [-0.15, -0.1) is 0 Å². The van der Waals surface area contributed by atoms with Gasteiger partial charge >= 0.3 is 6.61 Å². The lowest BCUT2D eigenvalue weighted by atomic mass is 10.1. The molecule has 0 saturated carbocycles. The quantitative estimate of drug-likeness (QED) is 0.452. The molecule has 0 radical (unpaired) electrons. The Morgan fingerprint density at radius 2 is 1.88 bits per heavy atom. The van der Waals surface area contributed by atoms with Crippen molar-refractivity contribution in [2.45, 2.75) is 6.61 Å². The van der Waals surface area contributed by atoms with Gasteiger partial charge in [0.2, 0.25) is 0 Å². The van der Waals surface area contributed by atoms with Gasteiger partial charge in [-0.2, -0.15) is 8.78 Å². The van der Waals surface area contributed by atoms with Crippen molar-refractivity contribution >= 4 is 27.8 Å². The molecule has 0 spiro atoms. The molecule has 4 nitrogen and oxygen atoms in total. The molecule has 0 amide bonds. The Balaban J connectivity index is 2.27. The van der Waals surface area contributed by atoms with Gasteiger partial charge in [-0.05, 0) is 51.8 Å². The predicted octanol–water partition coefficient (Wildman–Crippen LogP) is 5.10. The first-order valence-corrected chi connectivity index (χ1v) is 8.03.